The highest BCUT2D eigenvalue weighted by Crippen LogP contribution is 2.23. The SMILES string of the molecule is Cc1nc(COc2cccc(C(=O)Nc3ccc(S(=O)(=O)N4CCCCC4)cc3)c2)cs1. The molecule has 9 heteroatoms. The number of thiazole rings is 1. The van der Waals surface area contributed by atoms with Crippen LogP contribution in [0, 0.1) is 6.92 Å². The summed E-state index contributed by atoms with van der Waals surface area (Å²) < 4.78 is 32.8. The van der Waals surface area contributed by atoms with E-state index in [9.17, 15) is 13.2 Å². The van der Waals surface area contributed by atoms with Crippen LogP contribution in [-0.4, -0.2) is 36.7 Å². The fraction of sp³-hybridized carbons (Fsp3) is 0.304. The van der Waals surface area contributed by atoms with E-state index in [0.29, 0.717) is 36.7 Å². The molecule has 1 fully saturated rings. The zero-order chi connectivity index (χ0) is 22.6. The second-order valence-electron chi connectivity index (χ2n) is 7.62. The van der Waals surface area contributed by atoms with E-state index in [1.165, 1.54) is 16.4 Å². The number of aryl methyl sites for hydroxylation is 1. The van der Waals surface area contributed by atoms with Gasteiger partial charge in [0.2, 0.25) is 10.0 Å². The van der Waals surface area contributed by atoms with Gasteiger partial charge in [0, 0.05) is 29.7 Å². The number of amides is 1. The number of benzene rings is 2. The summed E-state index contributed by atoms with van der Waals surface area (Å²) >= 11 is 1.56. The first-order valence-corrected chi connectivity index (χ1v) is 12.8. The van der Waals surface area contributed by atoms with Crippen molar-refractivity contribution in [3.05, 3.63) is 70.2 Å². The minimum Gasteiger partial charge on any atom is -0.487 e. The molecule has 4 rings (SSSR count). The standard InChI is InChI=1S/C23H25N3O4S2/c1-17-24-20(16-31-17)15-30-21-7-5-6-18(14-21)23(27)25-19-8-10-22(11-9-19)32(28,29)26-12-3-2-4-13-26/h5-11,14,16H,2-4,12-13,15H2,1H3,(H,25,27). The summed E-state index contributed by atoms with van der Waals surface area (Å²) in [5, 5.41) is 5.73. The van der Waals surface area contributed by atoms with Crippen LogP contribution in [-0.2, 0) is 16.6 Å². The van der Waals surface area contributed by atoms with Crippen LogP contribution in [0.3, 0.4) is 0 Å². The summed E-state index contributed by atoms with van der Waals surface area (Å²) in [5.41, 5.74) is 1.82. The molecule has 0 aliphatic carbocycles. The molecule has 1 aliphatic heterocycles. The van der Waals surface area contributed by atoms with Crippen molar-refractivity contribution in [3.8, 4) is 5.75 Å². The van der Waals surface area contributed by atoms with E-state index in [0.717, 1.165) is 30.0 Å². The average molecular weight is 472 g/mol. The molecule has 7 nitrogen and oxygen atoms in total. The van der Waals surface area contributed by atoms with Gasteiger partial charge in [-0.3, -0.25) is 4.79 Å². The molecule has 2 heterocycles. The fourth-order valence-electron chi connectivity index (χ4n) is 3.53. The Morgan fingerprint density at radius 3 is 2.56 bits per heavy atom. The first kappa shape index (κ1) is 22.4. The number of aromatic nitrogens is 1. The Morgan fingerprint density at radius 1 is 1.12 bits per heavy atom. The number of rotatable bonds is 7. The van der Waals surface area contributed by atoms with Crippen molar-refractivity contribution in [2.75, 3.05) is 18.4 Å². The summed E-state index contributed by atoms with van der Waals surface area (Å²) in [7, 11) is -3.49. The molecule has 32 heavy (non-hydrogen) atoms. The molecule has 1 aliphatic rings. The van der Waals surface area contributed by atoms with Gasteiger partial charge in [-0.25, -0.2) is 13.4 Å². The lowest BCUT2D eigenvalue weighted by atomic mass is 10.2. The fourth-order valence-corrected chi connectivity index (χ4v) is 5.64. The molecule has 1 N–H and O–H groups in total. The summed E-state index contributed by atoms with van der Waals surface area (Å²) in [6, 6.07) is 13.2. The van der Waals surface area contributed by atoms with Gasteiger partial charge in [-0.05, 0) is 62.2 Å². The molecule has 0 spiro atoms. The van der Waals surface area contributed by atoms with Gasteiger partial charge < -0.3 is 10.1 Å². The topological polar surface area (TPSA) is 88.6 Å². The predicted molar refractivity (Wildman–Crippen MR) is 125 cm³/mol. The third-order valence-corrected chi connectivity index (χ3v) is 7.95. The molecule has 0 radical (unpaired) electrons. The molecular weight excluding hydrogens is 446 g/mol. The first-order chi connectivity index (χ1) is 15.4. The van der Waals surface area contributed by atoms with Crippen molar-refractivity contribution in [3.63, 3.8) is 0 Å². The highest BCUT2D eigenvalue weighted by molar-refractivity contribution is 7.89. The van der Waals surface area contributed by atoms with E-state index in [1.54, 1.807) is 47.7 Å². The zero-order valence-corrected chi connectivity index (χ0v) is 19.4. The van der Waals surface area contributed by atoms with Crippen molar-refractivity contribution in [2.24, 2.45) is 0 Å². The van der Waals surface area contributed by atoms with E-state index in [1.807, 2.05) is 12.3 Å². The van der Waals surface area contributed by atoms with Gasteiger partial charge in [0.05, 0.1) is 15.6 Å². The summed E-state index contributed by atoms with van der Waals surface area (Å²) in [6.07, 6.45) is 2.84. The molecule has 1 amide bonds. The summed E-state index contributed by atoms with van der Waals surface area (Å²) in [5.74, 6) is 0.276. The monoisotopic (exact) mass is 471 g/mol. The van der Waals surface area contributed by atoms with Gasteiger partial charge in [-0.1, -0.05) is 12.5 Å². The number of piperidine rings is 1. The molecule has 3 aromatic rings. The lowest BCUT2D eigenvalue weighted by molar-refractivity contribution is 0.102. The van der Waals surface area contributed by atoms with Crippen LogP contribution in [0.25, 0.3) is 0 Å². The number of nitrogens with zero attached hydrogens (tertiary/aromatic N) is 2. The van der Waals surface area contributed by atoms with Gasteiger partial charge in [0.15, 0.2) is 0 Å². The number of sulfonamides is 1. The lowest BCUT2D eigenvalue weighted by Gasteiger charge is -2.25. The maximum atomic E-state index is 12.8. The number of anilines is 1. The van der Waals surface area contributed by atoms with Gasteiger partial charge in [-0.15, -0.1) is 11.3 Å². The van der Waals surface area contributed by atoms with Crippen LogP contribution in [0.4, 0.5) is 5.69 Å². The van der Waals surface area contributed by atoms with Crippen LogP contribution in [0.2, 0.25) is 0 Å². The Bertz CT molecular complexity index is 1180. The average Bonchev–Trinajstić information content (AvgIpc) is 3.24. The van der Waals surface area contributed by atoms with E-state index >= 15 is 0 Å². The van der Waals surface area contributed by atoms with E-state index < -0.39 is 10.0 Å². The Morgan fingerprint density at radius 2 is 1.88 bits per heavy atom. The second kappa shape index (κ2) is 9.81. The van der Waals surface area contributed by atoms with Crippen molar-refractivity contribution in [1.29, 1.82) is 0 Å². The Kier molecular flexibility index (Phi) is 6.88. The molecule has 0 unspecified atom stereocenters. The van der Waals surface area contributed by atoms with Crippen molar-refractivity contribution < 1.29 is 17.9 Å². The number of hydrogen-bond donors (Lipinski definition) is 1. The molecule has 168 valence electrons. The third kappa shape index (κ3) is 5.35. The van der Waals surface area contributed by atoms with Crippen molar-refractivity contribution in [2.45, 2.75) is 37.7 Å². The van der Waals surface area contributed by atoms with Gasteiger partial charge in [-0.2, -0.15) is 4.31 Å². The molecule has 1 saturated heterocycles. The van der Waals surface area contributed by atoms with Crippen LogP contribution < -0.4 is 10.1 Å². The number of hydrogen-bond acceptors (Lipinski definition) is 6. The highest BCUT2D eigenvalue weighted by atomic mass is 32.2. The summed E-state index contributed by atoms with van der Waals surface area (Å²) in [4.78, 5) is 17.3. The van der Waals surface area contributed by atoms with E-state index in [2.05, 4.69) is 10.3 Å². The van der Waals surface area contributed by atoms with E-state index in [-0.39, 0.29) is 10.8 Å². The molecule has 0 bridgehead atoms. The minimum absolute atomic E-state index is 0.241. The normalized spacial score (nSPS) is 14.8. The lowest BCUT2D eigenvalue weighted by Crippen LogP contribution is -2.35. The number of ether oxygens (including phenoxy) is 1. The van der Waals surface area contributed by atoms with Gasteiger partial charge in [0.1, 0.15) is 12.4 Å². The van der Waals surface area contributed by atoms with Crippen LogP contribution >= 0.6 is 11.3 Å². The summed E-state index contributed by atoms with van der Waals surface area (Å²) in [6.45, 7) is 3.39. The second-order valence-corrected chi connectivity index (χ2v) is 10.6. The number of nitrogens with one attached hydrogen (secondary N) is 1. The molecule has 0 saturated carbocycles. The Hall–Kier alpha value is -2.75. The smallest absolute Gasteiger partial charge is 0.255 e. The number of carbonyl (C=O) groups excluding carboxylic acids is 1. The third-order valence-electron chi connectivity index (χ3n) is 5.21. The van der Waals surface area contributed by atoms with Crippen LogP contribution in [0.15, 0.2) is 58.8 Å². The van der Waals surface area contributed by atoms with Crippen molar-refractivity contribution >= 4 is 33.0 Å². The highest BCUT2D eigenvalue weighted by Gasteiger charge is 2.25. The molecule has 0 atom stereocenters. The predicted octanol–water partition coefficient (Wildman–Crippen LogP) is 4.46. The van der Waals surface area contributed by atoms with Crippen molar-refractivity contribution in [1.82, 2.24) is 9.29 Å². The molecule has 1 aromatic heterocycles. The maximum Gasteiger partial charge on any atom is 0.255 e. The minimum atomic E-state index is -3.49. The van der Waals surface area contributed by atoms with Gasteiger partial charge >= 0.3 is 0 Å². The molecular formula is C23H25N3O4S2. The quantitative estimate of drug-likeness (QED) is 0.550. The molecule has 2 aromatic carbocycles. The number of carbonyl (C=O) groups is 1. The van der Waals surface area contributed by atoms with Crippen LogP contribution in [0.1, 0.15) is 40.3 Å². The zero-order valence-electron chi connectivity index (χ0n) is 17.8. The maximum absolute atomic E-state index is 12.8. The Labute approximate surface area is 192 Å². The van der Waals surface area contributed by atoms with Gasteiger partial charge in [0.25, 0.3) is 5.91 Å². The van der Waals surface area contributed by atoms with Crippen LogP contribution in [0.5, 0.6) is 5.75 Å². The largest absolute Gasteiger partial charge is 0.487 e. The first-order valence-electron chi connectivity index (χ1n) is 10.5. The Balaban J connectivity index is 1.39. The van der Waals surface area contributed by atoms with E-state index in [4.69, 9.17) is 4.74 Å².